The predicted octanol–water partition coefficient (Wildman–Crippen LogP) is 2.63. The molecule has 0 bridgehead atoms. The Labute approximate surface area is 93.9 Å². The van der Waals surface area contributed by atoms with E-state index in [0.717, 1.165) is 18.4 Å². The highest BCUT2D eigenvalue weighted by molar-refractivity contribution is 6.32. The minimum absolute atomic E-state index is 0.0441. The first-order chi connectivity index (χ1) is 7.25. The summed E-state index contributed by atoms with van der Waals surface area (Å²) in [5.41, 5.74) is 0.866. The van der Waals surface area contributed by atoms with E-state index in [-0.39, 0.29) is 5.91 Å². The maximum Gasteiger partial charge on any atom is 0.244 e. The van der Waals surface area contributed by atoms with Gasteiger partial charge in [-0.05, 0) is 30.5 Å². The van der Waals surface area contributed by atoms with E-state index in [9.17, 15) is 4.79 Å². The average molecular weight is 222 g/mol. The van der Waals surface area contributed by atoms with Crippen LogP contribution in [0.25, 0.3) is 6.08 Å². The number of carbonyl (C=O) groups excluding carboxylic acids is 1. The van der Waals surface area contributed by atoms with Crippen molar-refractivity contribution in [3.05, 3.63) is 40.9 Å². The molecular weight excluding hydrogens is 210 g/mol. The van der Waals surface area contributed by atoms with Crippen LogP contribution < -0.4 is 5.32 Å². The van der Waals surface area contributed by atoms with Crippen molar-refractivity contribution in [1.29, 1.82) is 0 Å². The standard InChI is InChI=1S/C12H12ClNO/c13-11-4-2-1-3-9(11)5-8-12(15)14-10-6-7-10/h1-5,8,10H,6-7H2,(H,14,15)/b8-5-. The van der Waals surface area contributed by atoms with Crippen LogP contribution >= 0.6 is 11.6 Å². The summed E-state index contributed by atoms with van der Waals surface area (Å²) in [6, 6.07) is 7.84. The zero-order chi connectivity index (χ0) is 10.7. The predicted molar refractivity (Wildman–Crippen MR) is 61.7 cm³/mol. The van der Waals surface area contributed by atoms with Crippen molar-refractivity contribution in [2.24, 2.45) is 0 Å². The van der Waals surface area contributed by atoms with Gasteiger partial charge in [-0.1, -0.05) is 29.8 Å². The lowest BCUT2D eigenvalue weighted by Gasteiger charge is -1.98. The molecule has 1 aliphatic carbocycles. The maximum absolute atomic E-state index is 11.3. The average Bonchev–Trinajstić information content (AvgIpc) is 3.00. The summed E-state index contributed by atoms with van der Waals surface area (Å²) in [6.07, 6.45) is 5.47. The van der Waals surface area contributed by atoms with E-state index < -0.39 is 0 Å². The largest absolute Gasteiger partial charge is 0.350 e. The molecule has 15 heavy (non-hydrogen) atoms. The third-order valence-corrected chi connectivity index (χ3v) is 2.59. The van der Waals surface area contributed by atoms with Gasteiger partial charge in [-0.3, -0.25) is 4.79 Å². The molecule has 0 aliphatic heterocycles. The normalized spacial score (nSPS) is 15.5. The van der Waals surface area contributed by atoms with Crippen LogP contribution in [0.2, 0.25) is 5.02 Å². The maximum atomic E-state index is 11.3. The second kappa shape index (κ2) is 4.49. The smallest absolute Gasteiger partial charge is 0.244 e. The zero-order valence-corrected chi connectivity index (χ0v) is 9.00. The summed E-state index contributed by atoms with van der Waals surface area (Å²) in [5, 5.41) is 3.53. The Hall–Kier alpha value is -1.28. The van der Waals surface area contributed by atoms with Crippen LogP contribution in [0.3, 0.4) is 0 Å². The monoisotopic (exact) mass is 221 g/mol. The molecule has 0 heterocycles. The number of hydrogen-bond acceptors (Lipinski definition) is 1. The molecule has 0 saturated heterocycles. The summed E-state index contributed by atoms with van der Waals surface area (Å²) in [6.45, 7) is 0. The van der Waals surface area contributed by atoms with E-state index in [1.807, 2.05) is 18.2 Å². The molecule has 0 atom stereocenters. The zero-order valence-electron chi connectivity index (χ0n) is 8.24. The molecule has 0 radical (unpaired) electrons. The van der Waals surface area contributed by atoms with Crippen molar-refractivity contribution < 1.29 is 4.79 Å². The molecule has 1 saturated carbocycles. The van der Waals surface area contributed by atoms with Gasteiger partial charge >= 0.3 is 0 Å². The molecular formula is C12H12ClNO. The van der Waals surface area contributed by atoms with Gasteiger partial charge in [0.2, 0.25) is 5.91 Å². The van der Waals surface area contributed by atoms with Crippen molar-refractivity contribution in [1.82, 2.24) is 5.32 Å². The van der Waals surface area contributed by atoms with Crippen LogP contribution in [0, 0.1) is 0 Å². The van der Waals surface area contributed by atoms with E-state index in [4.69, 9.17) is 11.6 Å². The SMILES string of the molecule is O=C(/C=C\c1ccccc1Cl)NC1CC1. The molecule has 2 rings (SSSR count). The summed E-state index contributed by atoms with van der Waals surface area (Å²) >= 11 is 5.94. The Kier molecular flexibility index (Phi) is 3.07. The molecule has 78 valence electrons. The molecule has 1 N–H and O–H groups in total. The fourth-order valence-electron chi connectivity index (χ4n) is 1.25. The lowest BCUT2D eigenvalue weighted by atomic mass is 10.2. The quantitative estimate of drug-likeness (QED) is 0.782. The van der Waals surface area contributed by atoms with E-state index in [2.05, 4.69) is 5.32 Å². The lowest BCUT2D eigenvalue weighted by Crippen LogP contribution is -2.22. The molecule has 1 fully saturated rings. The van der Waals surface area contributed by atoms with E-state index in [0.29, 0.717) is 11.1 Å². The van der Waals surface area contributed by atoms with Crippen LogP contribution in [0.1, 0.15) is 18.4 Å². The van der Waals surface area contributed by atoms with Crippen molar-refractivity contribution in [3.8, 4) is 0 Å². The number of benzene rings is 1. The number of carbonyl (C=O) groups is 1. The van der Waals surface area contributed by atoms with Gasteiger partial charge in [-0.15, -0.1) is 0 Å². The van der Waals surface area contributed by atoms with Gasteiger partial charge in [0.05, 0.1) is 0 Å². The Bertz CT molecular complexity index is 396. The molecule has 0 aromatic heterocycles. The Morgan fingerprint density at radius 1 is 1.40 bits per heavy atom. The van der Waals surface area contributed by atoms with Crippen LogP contribution in [0.4, 0.5) is 0 Å². The van der Waals surface area contributed by atoms with Crippen LogP contribution in [-0.2, 0) is 4.79 Å². The third kappa shape index (κ3) is 3.10. The Morgan fingerprint density at radius 2 is 2.13 bits per heavy atom. The first-order valence-electron chi connectivity index (χ1n) is 4.99. The highest BCUT2D eigenvalue weighted by Crippen LogP contribution is 2.19. The van der Waals surface area contributed by atoms with Crippen molar-refractivity contribution >= 4 is 23.6 Å². The van der Waals surface area contributed by atoms with E-state index >= 15 is 0 Å². The van der Waals surface area contributed by atoms with Gasteiger partial charge in [0, 0.05) is 17.1 Å². The summed E-state index contributed by atoms with van der Waals surface area (Å²) in [5.74, 6) is -0.0441. The van der Waals surface area contributed by atoms with Gasteiger partial charge in [-0.2, -0.15) is 0 Å². The van der Waals surface area contributed by atoms with Crippen molar-refractivity contribution in [2.45, 2.75) is 18.9 Å². The highest BCUT2D eigenvalue weighted by Gasteiger charge is 2.21. The summed E-state index contributed by atoms with van der Waals surface area (Å²) in [7, 11) is 0. The number of amides is 1. The molecule has 0 unspecified atom stereocenters. The summed E-state index contributed by atoms with van der Waals surface area (Å²) in [4.78, 5) is 11.3. The van der Waals surface area contributed by atoms with Gasteiger partial charge in [-0.25, -0.2) is 0 Å². The first kappa shape index (κ1) is 10.2. The molecule has 1 aliphatic rings. The molecule has 0 spiro atoms. The Morgan fingerprint density at radius 3 is 2.80 bits per heavy atom. The fourth-order valence-corrected chi connectivity index (χ4v) is 1.45. The van der Waals surface area contributed by atoms with E-state index in [1.54, 1.807) is 12.1 Å². The number of nitrogens with one attached hydrogen (secondary N) is 1. The van der Waals surface area contributed by atoms with Crippen molar-refractivity contribution in [2.75, 3.05) is 0 Å². The lowest BCUT2D eigenvalue weighted by molar-refractivity contribution is -0.116. The van der Waals surface area contributed by atoms with Crippen LogP contribution in [0.15, 0.2) is 30.3 Å². The second-order valence-corrected chi connectivity index (χ2v) is 4.04. The number of halogens is 1. The first-order valence-corrected chi connectivity index (χ1v) is 5.36. The Balaban J connectivity index is 1.97. The minimum Gasteiger partial charge on any atom is -0.350 e. The van der Waals surface area contributed by atoms with Crippen LogP contribution in [-0.4, -0.2) is 11.9 Å². The minimum atomic E-state index is -0.0441. The van der Waals surface area contributed by atoms with E-state index in [1.165, 1.54) is 6.08 Å². The topological polar surface area (TPSA) is 29.1 Å². The van der Waals surface area contributed by atoms with Gasteiger partial charge < -0.3 is 5.32 Å². The highest BCUT2D eigenvalue weighted by atomic mass is 35.5. The molecule has 1 aromatic rings. The summed E-state index contributed by atoms with van der Waals surface area (Å²) < 4.78 is 0. The molecule has 3 heteroatoms. The third-order valence-electron chi connectivity index (χ3n) is 2.24. The fraction of sp³-hybridized carbons (Fsp3) is 0.250. The number of hydrogen-bond donors (Lipinski definition) is 1. The second-order valence-electron chi connectivity index (χ2n) is 3.64. The molecule has 1 aromatic carbocycles. The molecule has 1 amide bonds. The van der Waals surface area contributed by atoms with Gasteiger partial charge in [0.25, 0.3) is 0 Å². The van der Waals surface area contributed by atoms with Crippen molar-refractivity contribution in [3.63, 3.8) is 0 Å². The van der Waals surface area contributed by atoms with Gasteiger partial charge in [0.15, 0.2) is 0 Å². The van der Waals surface area contributed by atoms with Gasteiger partial charge in [0.1, 0.15) is 0 Å². The number of rotatable bonds is 3. The molecule has 2 nitrogen and oxygen atoms in total. The van der Waals surface area contributed by atoms with Crippen LogP contribution in [0.5, 0.6) is 0 Å².